The Kier molecular flexibility index (Phi) is 6.18. The van der Waals surface area contributed by atoms with Gasteiger partial charge in [0.15, 0.2) is 0 Å². The van der Waals surface area contributed by atoms with Gasteiger partial charge in [-0.2, -0.15) is 0 Å². The maximum Gasteiger partial charge on any atom is 0.329 e. The molecule has 3 aromatic rings. The minimum Gasteiger partial charge on any atom is -0.353 e. The lowest BCUT2D eigenvalue weighted by Crippen LogP contribution is -2.46. The summed E-state index contributed by atoms with van der Waals surface area (Å²) in [5.74, 6) is -0.964. The molecule has 3 rings (SSSR count). The van der Waals surface area contributed by atoms with E-state index in [2.05, 4.69) is 10.3 Å². The lowest BCUT2D eigenvalue weighted by molar-refractivity contribution is -0.123. The van der Waals surface area contributed by atoms with Gasteiger partial charge in [-0.1, -0.05) is 42.5 Å². The number of nitrogens with one attached hydrogen (secondary N) is 2. The van der Waals surface area contributed by atoms with Crippen LogP contribution in [0.3, 0.4) is 0 Å². The largest absolute Gasteiger partial charge is 0.353 e. The highest BCUT2D eigenvalue weighted by atomic mass is 32.2. The fourth-order valence-electron chi connectivity index (χ4n) is 3.05. The predicted molar refractivity (Wildman–Crippen MR) is 114 cm³/mol. The number of aromatic amines is 1. The first kappa shape index (κ1) is 21.5. The molecule has 10 heteroatoms. The Morgan fingerprint density at radius 3 is 2.37 bits per heavy atom. The molecule has 0 spiro atoms. The molecule has 158 valence electrons. The number of hydrogen-bond donors (Lipinski definition) is 2. The maximum absolute atomic E-state index is 13.1. The van der Waals surface area contributed by atoms with E-state index in [9.17, 15) is 22.8 Å². The molecule has 9 nitrogen and oxygen atoms in total. The van der Waals surface area contributed by atoms with E-state index >= 15 is 0 Å². The second-order valence-electron chi connectivity index (χ2n) is 6.85. The zero-order valence-corrected chi connectivity index (χ0v) is 17.3. The normalized spacial score (nSPS) is 12.8. The third-order valence-electron chi connectivity index (χ3n) is 4.67. The molecule has 0 unspecified atom stereocenters. The number of benzene rings is 2. The monoisotopic (exact) mass is 430 g/mol. The van der Waals surface area contributed by atoms with Crippen molar-refractivity contribution in [3.8, 4) is 0 Å². The van der Waals surface area contributed by atoms with Gasteiger partial charge in [-0.25, -0.2) is 22.1 Å². The number of carbonyl (C=O) groups is 1. The predicted octanol–water partition coefficient (Wildman–Crippen LogP) is 0.287. The van der Waals surface area contributed by atoms with Crippen LogP contribution in [0.2, 0.25) is 0 Å². The zero-order valence-electron chi connectivity index (χ0n) is 16.5. The Bertz CT molecular complexity index is 1280. The summed E-state index contributed by atoms with van der Waals surface area (Å²) in [6.45, 7) is -0.164. The SMILES string of the molecule is CN(C)S(=O)(=O)CCNC(=O)[C@H](c1ccccc1)n1c(=O)[nH]c2ccccc2c1=O. The van der Waals surface area contributed by atoms with Crippen LogP contribution in [-0.4, -0.2) is 54.6 Å². The molecule has 1 aromatic heterocycles. The van der Waals surface area contributed by atoms with Crippen molar-refractivity contribution in [1.82, 2.24) is 19.2 Å². The molecular weight excluding hydrogens is 408 g/mol. The number of hydrogen-bond acceptors (Lipinski definition) is 5. The molecule has 1 amide bonds. The molecular formula is C20H22N4O5S. The van der Waals surface area contributed by atoms with Crippen LogP contribution < -0.4 is 16.6 Å². The van der Waals surface area contributed by atoms with E-state index in [1.54, 1.807) is 54.6 Å². The van der Waals surface area contributed by atoms with Crippen LogP contribution in [0.25, 0.3) is 10.9 Å². The van der Waals surface area contributed by atoms with Crippen LogP contribution in [0.4, 0.5) is 0 Å². The van der Waals surface area contributed by atoms with Gasteiger partial charge in [0.05, 0.1) is 16.7 Å². The molecule has 1 heterocycles. The molecule has 2 N–H and O–H groups in total. The van der Waals surface area contributed by atoms with Gasteiger partial charge < -0.3 is 10.3 Å². The van der Waals surface area contributed by atoms with Crippen LogP contribution in [0.15, 0.2) is 64.2 Å². The minimum atomic E-state index is -3.51. The summed E-state index contributed by atoms with van der Waals surface area (Å²) in [6.07, 6.45) is 0. The minimum absolute atomic E-state index is 0.164. The Hall–Kier alpha value is -3.24. The molecule has 0 fully saturated rings. The van der Waals surface area contributed by atoms with Gasteiger partial charge in [0.25, 0.3) is 5.56 Å². The number of carbonyl (C=O) groups excluding carboxylic acids is 1. The van der Waals surface area contributed by atoms with Gasteiger partial charge in [-0.05, 0) is 17.7 Å². The van der Waals surface area contributed by atoms with Crippen LogP contribution in [-0.2, 0) is 14.8 Å². The van der Waals surface area contributed by atoms with Gasteiger partial charge in [-0.15, -0.1) is 0 Å². The van der Waals surface area contributed by atoms with Crippen molar-refractivity contribution in [2.45, 2.75) is 6.04 Å². The van der Waals surface area contributed by atoms with Crippen molar-refractivity contribution in [3.05, 3.63) is 81.0 Å². The van der Waals surface area contributed by atoms with Crippen LogP contribution in [0, 0.1) is 0 Å². The third-order valence-corrected chi connectivity index (χ3v) is 6.51. The topological polar surface area (TPSA) is 121 Å². The van der Waals surface area contributed by atoms with Gasteiger partial charge in [0, 0.05) is 20.6 Å². The standard InChI is InChI=1S/C20H22N4O5S/c1-23(2)30(28,29)13-12-21-18(25)17(14-8-4-3-5-9-14)24-19(26)15-10-6-7-11-16(15)22-20(24)27/h3-11,17H,12-13H2,1-2H3,(H,21,25)(H,22,27)/t17-/m0/s1. The molecule has 0 aliphatic carbocycles. The number of aromatic nitrogens is 2. The molecule has 1 atom stereocenters. The number of nitrogens with zero attached hydrogens (tertiary/aromatic N) is 2. The van der Waals surface area contributed by atoms with Crippen LogP contribution in [0.1, 0.15) is 11.6 Å². The number of rotatable bonds is 7. The maximum atomic E-state index is 13.1. The highest BCUT2D eigenvalue weighted by molar-refractivity contribution is 7.89. The fourth-order valence-corrected chi connectivity index (χ4v) is 3.77. The molecule has 0 aliphatic heterocycles. The molecule has 0 radical (unpaired) electrons. The Balaban J connectivity index is 2.03. The molecule has 0 saturated heterocycles. The summed E-state index contributed by atoms with van der Waals surface area (Å²) in [5, 5.41) is 2.80. The first-order valence-corrected chi connectivity index (χ1v) is 10.8. The fraction of sp³-hybridized carbons (Fsp3) is 0.250. The van der Waals surface area contributed by atoms with Gasteiger partial charge in [0.2, 0.25) is 15.9 Å². The number of fused-ring (bicyclic) bond motifs is 1. The lowest BCUT2D eigenvalue weighted by Gasteiger charge is -2.20. The Labute approximate surface area is 173 Å². The number of amides is 1. The van der Waals surface area contributed by atoms with Crippen LogP contribution in [0.5, 0.6) is 0 Å². The summed E-state index contributed by atoms with van der Waals surface area (Å²) < 4.78 is 25.8. The Morgan fingerprint density at radius 1 is 1.07 bits per heavy atom. The zero-order chi connectivity index (χ0) is 21.9. The van der Waals surface area contributed by atoms with Gasteiger partial charge in [-0.3, -0.25) is 9.59 Å². The van der Waals surface area contributed by atoms with E-state index in [1.165, 1.54) is 14.1 Å². The van der Waals surface area contributed by atoms with Gasteiger partial charge in [0.1, 0.15) is 6.04 Å². The van der Waals surface area contributed by atoms with Crippen molar-refractivity contribution in [3.63, 3.8) is 0 Å². The third kappa shape index (κ3) is 4.34. The van der Waals surface area contributed by atoms with E-state index in [0.29, 0.717) is 11.1 Å². The molecule has 0 bridgehead atoms. The summed E-state index contributed by atoms with van der Waals surface area (Å²) in [5.41, 5.74) is -0.552. The van der Waals surface area contributed by atoms with E-state index < -0.39 is 33.2 Å². The van der Waals surface area contributed by atoms with Crippen molar-refractivity contribution in [2.24, 2.45) is 0 Å². The lowest BCUT2D eigenvalue weighted by atomic mass is 10.1. The van der Waals surface area contributed by atoms with Crippen molar-refractivity contribution >= 4 is 26.8 Å². The van der Waals surface area contributed by atoms with Crippen molar-refractivity contribution in [1.29, 1.82) is 0 Å². The van der Waals surface area contributed by atoms with E-state index in [0.717, 1.165) is 8.87 Å². The Morgan fingerprint density at radius 2 is 1.70 bits per heavy atom. The molecule has 0 saturated carbocycles. The highest BCUT2D eigenvalue weighted by Crippen LogP contribution is 2.16. The molecule has 0 aliphatic rings. The summed E-state index contributed by atoms with van der Waals surface area (Å²) in [7, 11) is -0.710. The number of H-pyrrole nitrogens is 1. The van der Waals surface area contributed by atoms with E-state index in [4.69, 9.17) is 0 Å². The van der Waals surface area contributed by atoms with E-state index in [-0.39, 0.29) is 17.7 Å². The summed E-state index contributed by atoms with van der Waals surface area (Å²) >= 11 is 0. The van der Waals surface area contributed by atoms with Crippen molar-refractivity contribution < 1.29 is 13.2 Å². The van der Waals surface area contributed by atoms with Gasteiger partial charge >= 0.3 is 5.69 Å². The first-order chi connectivity index (χ1) is 14.2. The summed E-state index contributed by atoms with van der Waals surface area (Å²) in [4.78, 5) is 41.4. The second kappa shape index (κ2) is 8.64. The average molecular weight is 430 g/mol. The highest BCUT2D eigenvalue weighted by Gasteiger charge is 2.27. The second-order valence-corrected chi connectivity index (χ2v) is 9.16. The number of sulfonamides is 1. The smallest absolute Gasteiger partial charge is 0.329 e. The van der Waals surface area contributed by atoms with Crippen molar-refractivity contribution in [2.75, 3.05) is 26.4 Å². The number of para-hydroxylation sites is 1. The quantitative estimate of drug-likeness (QED) is 0.558. The average Bonchev–Trinajstić information content (AvgIpc) is 2.71. The molecule has 2 aromatic carbocycles. The van der Waals surface area contributed by atoms with Crippen LogP contribution >= 0.6 is 0 Å². The summed E-state index contributed by atoms with van der Waals surface area (Å²) in [6, 6.07) is 13.6. The first-order valence-electron chi connectivity index (χ1n) is 9.19. The van der Waals surface area contributed by atoms with E-state index in [1.807, 2.05) is 0 Å². The molecule has 30 heavy (non-hydrogen) atoms.